The average molecular weight is 193 g/mol. The molecule has 0 fully saturated rings. The summed E-state index contributed by atoms with van der Waals surface area (Å²) in [6.07, 6.45) is -1.22. The van der Waals surface area contributed by atoms with Gasteiger partial charge >= 0.3 is 11.9 Å². The lowest BCUT2D eigenvalue weighted by Crippen LogP contribution is -2.10. The Balaban J connectivity index is 2.60. The summed E-state index contributed by atoms with van der Waals surface area (Å²) in [6.45, 7) is 0. The molecule has 14 heavy (non-hydrogen) atoms. The number of carbonyl (C=O) groups is 2. The lowest BCUT2D eigenvalue weighted by Gasteiger charge is -2.03. The minimum absolute atomic E-state index is 0.167. The highest BCUT2D eigenvalue weighted by Crippen LogP contribution is 2.33. The van der Waals surface area contributed by atoms with E-state index in [1.807, 2.05) is 0 Å². The van der Waals surface area contributed by atoms with E-state index in [4.69, 9.17) is 10.8 Å². The molecule has 0 aromatic heterocycles. The average Bonchev–Trinajstić information content (AvgIpc) is 2.45. The van der Waals surface area contributed by atoms with Crippen molar-refractivity contribution in [3.05, 3.63) is 29.3 Å². The minimum atomic E-state index is -1.22. The first-order valence-corrected chi connectivity index (χ1v) is 3.93. The van der Waals surface area contributed by atoms with Gasteiger partial charge in [-0.05, 0) is 6.07 Å². The highest BCUT2D eigenvalue weighted by atomic mass is 16.6. The Hall–Kier alpha value is -2.04. The molecule has 0 amide bonds. The maximum atomic E-state index is 11.2. The van der Waals surface area contributed by atoms with Gasteiger partial charge in [0.1, 0.15) is 0 Å². The van der Waals surface area contributed by atoms with Crippen LogP contribution in [0.2, 0.25) is 0 Å². The maximum absolute atomic E-state index is 11.2. The number of anilines is 1. The molecule has 0 spiro atoms. The predicted molar refractivity (Wildman–Crippen MR) is 46.6 cm³/mol. The van der Waals surface area contributed by atoms with E-state index < -0.39 is 18.0 Å². The smallest absolute Gasteiger partial charge is 0.349 e. The molecule has 1 aliphatic rings. The number of hydrogen-bond acceptors (Lipinski definition) is 4. The quantitative estimate of drug-likeness (QED) is 0.502. The zero-order valence-electron chi connectivity index (χ0n) is 7.06. The van der Waals surface area contributed by atoms with Gasteiger partial charge < -0.3 is 15.6 Å². The molecule has 1 aromatic rings. The van der Waals surface area contributed by atoms with Crippen molar-refractivity contribution in [2.75, 3.05) is 5.73 Å². The zero-order valence-corrected chi connectivity index (χ0v) is 7.06. The number of rotatable bonds is 1. The van der Waals surface area contributed by atoms with Crippen molar-refractivity contribution in [2.24, 2.45) is 0 Å². The van der Waals surface area contributed by atoms with Gasteiger partial charge in [-0.15, -0.1) is 0 Å². The summed E-state index contributed by atoms with van der Waals surface area (Å²) in [5.74, 6) is -1.87. The van der Waals surface area contributed by atoms with Crippen LogP contribution in [0.15, 0.2) is 18.2 Å². The minimum Gasteiger partial charge on any atom is -0.478 e. The lowest BCUT2D eigenvalue weighted by atomic mass is 10.0. The molecule has 72 valence electrons. The van der Waals surface area contributed by atoms with E-state index in [0.29, 0.717) is 5.56 Å². The summed E-state index contributed by atoms with van der Waals surface area (Å²) in [5.41, 5.74) is 6.27. The number of esters is 1. The molecule has 1 atom stereocenters. The van der Waals surface area contributed by atoms with Gasteiger partial charge in [0, 0.05) is 11.3 Å². The second-order valence-corrected chi connectivity index (χ2v) is 2.94. The summed E-state index contributed by atoms with van der Waals surface area (Å²) < 4.78 is 4.66. The van der Waals surface area contributed by atoms with Gasteiger partial charge in [-0.3, -0.25) is 0 Å². The molecule has 0 saturated heterocycles. The van der Waals surface area contributed by atoms with Gasteiger partial charge in [0.05, 0.1) is 5.56 Å². The molecular formula is C9H7NO4. The van der Waals surface area contributed by atoms with Gasteiger partial charge in [-0.25, -0.2) is 9.59 Å². The van der Waals surface area contributed by atoms with E-state index >= 15 is 0 Å². The Morgan fingerprint density at radius 1 is 1.50 bits per heavy atom. The molecular weight excluding hydrogens is 186 g/mol. The molecule has 5 heteroatoms. The van der Waals surface area contributed by atoms with Crippen molar-refractivity contribution in [3.8, 4) is 0 Å². The third-order valence-corrected chi connectivity index (χ3v) is 2.06. The SMILES string of the molecule is Nc1cccc2c1C(=O)OC2C(=O)O. The van der Waals surface area contributed by atoms with Gasteiger partial charge in [0.25, 0.3) is 0 Å². The van der Waals surface area contributed by atoms with Crippen LogP contribution in [0.1, 0.15) is 22.0 Å². The first kappa shape index (κ1) is 8.55. The Morgan fingerprint density at radius 2 is 2.21 bits per heavy atom. The molecule has 0 radical (unpaired) electrons. The van der Waals surface area contributed by atoms with E-state index in [1.54, 1.807) is 6.07 Å². The Labute approximate surface area is 79.1 Å². The van der Waals surface area contributed by atoms with Crippen LogP contribution >= 0.6 is 0 Å². The van der Waals surface area contributed by atoms with Crippen molar-refractivity contribution < 1.29 is 19.4 Å². The van der Waals surface area contributed by atoms with Crippen LogP contribution in [0.5, 0.6) is 0 Å². The number of ether oxygens (including phenoxy) is 1. The summed E-state index contributed by atoms with van der Waals surface area (Å²) >= 11 is 0. The highest BCUT2D eigenvalue weighted by molar-refractivity contribution is 6.02. The number of benzene rings is 1. The van der Waals surface area contributed by atoms with Gasteiger partial charge in [0.15, 0.2) is 0 Å². The third-order valence-electron chi connectivity index (χ3n) is 2.06. The summed E-state index contributed by atoms with van der Waals surface area (Å²) in [7, 11) is 0. The zero-order chi connectivity index (χ0) is 10.3. The van der Waals surface area contributed by atoms with Crippen LogP contribution in [0.3, 0.4) is 0 Å². The number of carboxylic acids is 1. The van der Waals surface area contributed by atoms with Crippen molar-refractivity contribution in [2.45, 2.75) is 6.10 Å². The molecule has 3 N–H and O–H groups in total. The van der Waals surface area contributed by atoms with Crippen molar-refractivity contribution in [1.29, 1.82) is 0 Å². The molecule has 0 saturated carbocycles. The molecule has 2 rings (SSSR count). The highest BCUT2D eigenvalue weighted by Gasteiger charge is 2.37. The fraction of sp³-hybridized carbons (Fsp3) is 0.111. The largest absolute Gasteiger partial charge is 0.478 e. The molecule has 0 aliphatic carbocycles. The molecule has 1 aliphatic heterocycles. The monoisotopic (exact) mass is 193 g/mol. The van der Waals surface area contributed by atoms with Crippen LogP contribution in [-0.2, 0) is 9.53 Å². The summed E-state index contributed by atoms with van der Waals surface area (Å²) in [6, 6.07) is 4.64. The number of fused-ring (bicyclic) bond motifs is 1. The standard InChI is InChI=1S/C9H7NO4/c10-5-3-1-2-4-6(5)9(13)14-7(4)8(11)12/h1-3,7H,10H2,(H,11,12). The van der Waals surface area contributed by atoms with Gasteiger partial charge in [0.2, 0.25) is 6.10 Å². The predicted octanol–water partition coefficient (Wildman–Crippen LogP) is 0.565. The van der Waals surface area contributed by atoms with E-state index in [1.165, 1.54) is 12.1 Å². The van der Waals surface area contributed by atoms with Crippen molar-refractivity contribution in [3.63, 3.8) is 0 Å². The normalized spacial score (nSPS) is 18.9. The number of nitrogen functional groups attached to an aromatic ring is 1. The Morgan fingerprint density at radius 3 is 2.86 bits per heavy atom. The first-order chi connectivity index (χ1) is 6.61. The molecule has 0 bridgehead atoms. The molecule has 1 unspecified atom stereocenters. The van der Waals surface area contributed by atoms with E-state index in [0.717, 1.165) is 0 Å². The van der Waals surface area contributed by atoms with Gasteiger partial charge in [-0.2, -0.15) is 0 Å². The van der Waals surface area contributed by atoms with Crippen LogP contribution in [-0.4, -0.2) is 17.0 Å². The maximum Gasteiger partial charge on any atom is 0.349 e. The van der Waals surface area contributed by atoms with E-state index in [9.17, 15) is 9.59 Å². The number of nitrogens with two attached hydrogens (primary N) is 1. The van der Waals surface area contributed by atoms with Crippen LogP contribution in [0.25, 0.3) is 0 Å². The number of hydrogen-bond donors (Lipinski definition) is 2. The third kappa shape index (κ3) is 1.02. The van der Waals surface area contributed by atoms with E-state index in [-0.39, 0.29) is 11.3 Å². The Kier molecular flexibility index (Phi) is 1.67. The van der Waals surface area contributed by atoms with Crippen LogP contribution in [0.4, 0.5) is 5.69 Å². The van der Waals surface area contributed by atoms with Crippen molar-refractivity contribution in [1.82, 2.24) is 0 Å². The number of aliphatic carboxylic acids is 1. The van der Waals surface area contributed by atoms with Crippen LogP contribution < -0.4 is 5.73 Å². The topological polar surface area (TPSA) is 89.6 Å². The molecule has 1 aromatic carbocycles. The lowest BCUT2D eigenvalue weighted by molar-refractivity contribution is -0.146. The summed E-state index contributed by atoms with van der Waals surface area (Å²) in [4.78, 5) is 21.9. The van der Waals surface area contributed by atoms with E-state index in [2.05, 4.69) is 4.74 Å². The number of carbonyl (C=O) groups excluding carboxylic acids is 1. The molecule has 5 nitrogen and oxygen atoms in total. The van der Waals surface area contributed by atoms with Crippen molar-refractivity contribution >= 4 is 17.6 Å². The molecule has 1 heterocycles. The van der Waals surface area contributed by atoms with Crippen LogP contribution in [0, 0.1) is 0 Å². The van der Waals surface area contributed by atoms with Gasteiger partial charge in [-0.1, -0.05) is 12.1 Å². The summed E-state index contributed by atoms with van der Waals surface area (Å²) in [5, 5.41) is 8.75. The number of cyclic esters (lactones) is 1. The fourth-order valence-electron chi connectivity index (χ4n) is 1.46. The fourth-order valence-corrected chi connectivity index (χ4v) is 1.46. The first-order valence-electron chi connectivity index (χ1n) is 3.93. The second kappa shape index (κ2) is 2.73. The second-order valence-electron chi connectivity index (χ2n) is 2.94. The number of carboxylic acid groups (broad SMARTS) is 1. The Bertz CT molecular complexity index is 427.